The van der Waals surface area contributed by atoms with Crippen LogP contribution in [0.5, 0.6) is 0 Å². The molecule has 1 atom stereocenters. The van der Waals surface area contributed by atoms with Crippen LogP contribution >= 0.6 is 0 Å². The number of hydrogen-bond acceptors (Lipinski definition) is 2. The Morgan fingerprint density at radius 2 is 2.33 bits per heavy atom. The average Bonchev–Trinajstić information content (AvgIpc) is 2.66. The van der Waals surface area contributed by atoms with Gasteiger partial charge in [0.25, 0.3) is 0 Å². The largest absolute Gasteiger partial charge is 0.335 e. The highest BCUT2D eigenvalue weighted by molar-refractivity contribution is 4.92. The van der Waals surface area contributed by atoms with E-state index in [0.29, 0.717) is 6.04 Å². The van der Waals surface area contributed by atoms with Crippen molar-refractivity contribution >= 4 is 0 Å². The number of nitrogens with zero attached hydrogens (tertiary/aromatic N) is 2. The number of rotatable bonds is 7. The fraction of sp³-hybridized carbons (Fsp3) is 0.750. The summed E-state index contributed by atoms with van der Waals surface area (Å²) in [7, 11) is 2.02. The highest BCUT2D eigenvalue weighted by Crippen LogP contribution is 2.05. The maximum atomic E-state index is 4.37. The van der Waals surface area contributed by atoms with Gasteiger partial charge < -0.3 is 9.88 Å². The molecule has 1 aromatic rings. The van der Waals surface area contributed by atoms with E-state index in [4.69, 9.17) is 0 Å². The molecule has 1 aromatic heterocycles. The summed E-state index contributed by atoms with van der Waals surface area (Å²) in [5.41, 5.74) is 0. The summed E-state index contributed by atoms with van der Waals surface area (Å²) in [6.07, 6.45) is 8.70. The first kappa shape index (κ1) is 12.2. The number of hydrogen-bond donors (Lipinski definition) is 1. The molecule has 3 heteroatoms. The molecule has 0 saturated heterocycles. The van der Waals surface area contributed by atoms with Gasteiger partial charge in [0.05, 0.1) is 0 Å². The maximum absolute atomic E-state index is 4.37. The molecule has 1 rings (SSSR count). The molecule has 0 spiro atoms. The topological polar surface area (TPSA) is 29.9 Å². The summed E-state index contributed by atoms with van der Waals surface area (Å²) in [6, 6.07) is 0.614. The Labute approximate surface area is 92.9 Å². The van der Waals surface area contributed by atoms with E-state index in [1.165, 1.54) is 25.1 Å². The standard InChI is InChI=1S/C12H23N3/c1-4-6-12-14-8-10-15(12)9-5-7-11(2)13-3/h8,10-11,13H,4-7,9H2,1-3H3. The van der Waals surface area contributed by atoms with E-state index in [9.17, 15) is 0 Å². The summed E-state index contributed by atoms with van der Waals surface area (Å²) in [4.78, 5) is 4.37. The van der Waals surface area contributed by atoms with Crippen molar-refractivity contribution in [2.24, 2.45) is 0 Å². The zero-order valence-electron chi connectivity index (χ0n) is 10.2. The highest BCUT2D eigenvalue weighted by atomic mass is 15.1. The molecule has 1 N–H and O–H groups in total. The Morgan fingerprint density at radius 3 is 3.00 bits per heavy atom. The van der Waals surface area contributed by atoms with Gasteiger partial charge in [0.1, 0.15) is 5.82 Å². The van der Waals surface area contributed by atoms with Crippen molar-refractivity contribution in [1.82, 2.24) is 14.9 Å². The quantitative estimate of drug-likeness (QED) is 0.746. The number of imidazole rings is 1. The van der Waals surface area contributed by atoms with Crippen LogP contribution in [0.15, 0.2) is 12.4 Å². The molecule has 0 aliphatic carbocycles. The minimum absolute atomic E-state index is 0.614. The smallest absolute Gasteiger partial charge is 0.108 e. The molecule has 0 radical (unpaired) electrons. The molecule has 0 fully saturated rings. The lowest BCUT2D eigenvalue weighted by molar-refractivity contribution is 0.499. The van der Waals surface area contributed by atoms with Crippen LogP contribution in [0.2, 0.25) is 0 Å². The van der Waals surface area contributed by atoms with Crippen molar-refractivity contribution < 1.29 is 0 Å². The van der Waals surface area contributed by atoms with Crippen LogP contribution in [0.1, 0.15) is 38.9 Å². The van der Waals surface area contributed by atoms with E-state index in [0.717, 1.165) is 13.0 Å². The van der Waals surface area contributed by atoms with Gasteiger partial charge in [-0.25, -0.2) is 4.98 Å². The van der Waals surface area contributed by atoms with E-state index < -0.39 is 0 Å². The van der Waals surface area contributed by atoms with Gasteiger partial charge in [-0.05, 0) is 33.2 Å². The zero-order valence-corrected chi connectivity index (χ0v) is 10.2. The van der Waals surface area contributed by atoms with Crippen molar-refractivity contribution in [3.63, 3.8) is 0 Å². The Hall–Kier alpha value is -0.830. The minimum Gasteiger partial charge on any atom is -0.335 e. The lowest BCUT2D eigenvalue weighted by Crippen LogP contribution is -2.21. The average molecular weight is 209 g/mol. The van der Waals surface area contributed by atoms with Crippen LogP contribution in [0.3, 0.4) is 0 Å². The van der Waals surface area contributed by atoms with Gasteiger partial charge >= 0.3 is 0 Å². The Kier molecular flexibility index (Phi) is 5.40. The molecule has 0 aromatic carbocycles. The predicted octanol–water partition coefficient (Wildman–Crippen LogP) is 2.22. The van der Waals surface area contributed by atoms with Crippen molar-refractivity contribution in [1.29, 1.82) is 0 Å². The van der Waals surface area contributed by atoms with E-state index in [2.05, 4.69) is 34.9 Å². The first-order valence-electron chi connectivity index (χ1n) is 5.95. The SMILES string of the molecule is CCCc1nccn1CCCC(C)NC. The summed E-state index contributed by atoms with van der Waals surface area (Å²) < 4.78 is 2.28. The number of nitrogens with one attached hydrogen (secondary N) is 1. The summed E-state index contributed by atoms with van der Waals surface area (Å²) in [5.74, 6) is 1.23. The minimum atomic E-state index is 0.614. The summed E-state index contributed by atoms with van der Waals surface area (Å²) in [6.45, 7) is 5.52. The maximum Gasteiger partial charge on any atom is 0.108 e. The number of aryl methyl sites for hydroxylation is 2. The van der Waals surface area contributed by atoms with Crippen molar-refractivity contribution in [3.8, 4) is 0 Å². The summed E-state index contributed by atoms with van der Waals surface area (Å²) in [5, 5.41) is 3.26. The van der Waals surface area contributed by atoms with Gasteiger partial charge in [-0.1, -0.05) is 6.92 Å². The molecule has 3 nitrogen and oxygen atoms in total. The van der Waals surface area contributed by atoms with Crippen LogP contribution in [-0.4, -0.2) is 22.6 Å². The molecule has 0 bridgehead atoms. The van der Waals surface area contributed by atoms with Gasteiger partial charge in [-0.15, -0.1) is 0 Å². The van der Waals surface area contributed by atoms with Gasteiger partial charge in [0.2, 0.25) is 0 Å². The molecule has 15 heavy (non-hydrogen) atoms. The fourth-order valence-electron chi connectivity index (χ4n) is 1.71. The molecule has 0 saturated carbocycles. The third kappa shape index (κ3) is 4.04. The first-order chi connectivity index (χ1) is 7.27. The van der Waals surface area contributed by atoms with Crippen LogP contribution in [0.25, 0.3) is 0 Å². The molecular weight excluding hydrogens is 186 g/mol. The highest BCUT2D eigenvalue weighted by Gasteiger charge is 2.02. The fourth-order valence-corrected chi connectivity index (χ4v) is 1.71. The molecule has 86 valence electrons. The van der Waals surface area contributed by atoms with Crippen molar-refractivity contribution in [2.45, 2.75) is 52.1 Å². The van der Waals surface area contributed by atoms with Crippen LogP contribution in [0, 0.1) is 0 Å². The molecule has 1 unspecified atom stereocenters. The molecule has 0 amide bonds. The zero-order chi connectivity index (χ0) is 11.1. The second kappa shape index (κ2) is 6.62. The first-order valence-corrected chi connectivity index (χ1v) is 5.95. The third-order valence-corrected chi connectivity index (χ3v) is 2.80. The van der Waals surface area contributed by atoms with E-state index in [1.54, 1.807) is 0 Å². The molecule has 0 aliphatic rings. The van der Waals surface area contributed by atoms with Gasteiger partial charge in [0.15, 0.2) is 0 Å². The monoisotopic (exact) mass is 209 g/mol. The number of aromatic nitrogens is 2. The Morgan fingerprint density at radius 1 is 1.53 bits per heavy atom. The second-order valence-corrected chi connectivity index (χ2v) is 4.12. The van der Waals surface area contributed by atoms with Gasteiger partial charge in [-0.2, -0.15) is 0 Å². The summed E-state index contributed by atoms with van der Waals surface area (Å²) >= 11 is 0. The predicted molar refractivity (Wildman–Crippen MR) is 64.0 cm³/mol. The van der Waals surface area contributed by atoms with Crippen molar-refractivity contribution in [2.75, 3.05) is 7.05 Å². The Balaban J connectivity index is 2.33. The van der Waals surface area contributed by atoms with Crippen LogP contribution in [0.4, 0.5) is 0 Å². The lowest BCUT2D eigenvalue weighted by Gasteiger charge is -2.11. The van der Waals surface area contributed by atoms with E-state index in [1.807, 2.05) is 13.2 Å². The molecule has 0 aliphatic heterocycles. The van der Waals surface area contributed by atoms with Crippen LogP contribution in [-0.2, 0) is 13.0 Å². The van der Waals surface area contributed by atoms with Crippen molar-refractivity contribution in [3.05, 3.63) is 18.2 Å². The van der Waals surface area contributed by atoms with Gasteiger partial charge in [-0.3, -0.25) is 0 Å². The van der Waals surface area contributed by atoms with Gasteiger partial charge in [0, 0.05) is 31.4 Å². The van der Waals surface area contributed by atoms with E-state index >= 15 is 0 Å². The van der Waals surface area contributed by atoms with E-state index in [-0.39, 0.29) is 0 Å². The second-order valence-electron chi connectivity index (χ2n) is 4.12. The third-order valence-electron chi connectivity index (χ3n) is 2.80. The van der Waals surface area contributed by atoms with Crippen LogP contribution < -0.4 is 5.32 Å². The molecular formula is C12H23N3. The Bertz CT molecular complexity index is 268. The lowest BCUT2D eigenvalue weighted by atomic mass is 10.2. The molecule has 1 heterocycles. The normalized spacial score (nSPS) is 13.0.